The van der Waals surface area contributed by atoms with Crippen molar-refractivity contribution in [3.05, 3.63) is 58.4 Å². The summed E-state index contributed by atoms with van der Waals surface area (Å²) in [5, 5.41) is 5.64. The third-order valence-corrected chi connectivity index (χ3v) is 4.51. The van der Waals surface area contributed by atoms with E-state index in [0.717, 1.165) is 17.0 Å². The van der Waals surface area contributed by atoms with Crippen molar-refractivity contribution in [3.8, 4) is 22.8 Å². The molecule has 0 aliphatic heterocycles. The van der Waals surface area contributed by atoms with Crippen molar-refractivity contribution in [2.24, 2.45) is 0 Å². The highest BCUT2D eigenvalue weighted by molar-refractivity contribution is 7.14. The Kier molecular flexibility index (Phi) is 5.21. The van der Waals surface area contributed by atoms with Gasteiger partial charge in [0.2, 0.25) is 0 Å². The predicted octanol–water partition coefficient (Wildman–Crippen LogP) is 4.73. The number of hydrogen-bond donors (Lipinski definition) is 1. The molecule has 0 radical (unpaired) electrons. The zero-order valence-electron chi connectivity index (χ0n) is 13.6. The lowest BCUT2D eigenvalue weighted by Crippen LogP contribution is -2.13. The molecule has 128 valence electrons. The summed E-state index contributed by atoms with van der Waals surface area (Å²) in [5.41, 5.74) is 1.99. The van der Waals surface area contributed by atoms with E-state index in [-0.39, 0.29) is 5.91 Å². The molecule has 1 N–H and O–H groups in total. The van der Waals surface area contributed by atoms with Crippen LogP contribution in [0.1, 0.15) is 10.4 Å². The number of methoxy groups -OCH3 is 2. The van der Waals surface area contributed by atoms with E-state index >= 15 is 0 Å². The number of anilines is 1. The first-order valence-corrected chi connectivity index (χ1v) is 8.62. The van der Waals surface area contributed by atoms with Gasteiger partial charge in [-0.05, 0) is 30.3 Å². The number of aromatic nitrogens is 1. The SMILES string of the molecule is COc1cc(Cl)ccc1C(=O)Nc1nc(-c2ccccc2OC)cs1. The number of hydrogen-bond acceptors (Lipinski definition) is 5. The molecule has 1 amide bonds. The summed E-state index contributed by atoms with van der Waals surface area (Å²) in [4.78, 5) is 16.9. The Labute approximate surface area is 154 Å². The highest BCUT2D eigenvalue weighted by atomic mass is 35.5. The number of rotatable bonds is 5. The molecule has 3 rings (SSSR count). The van der Waals surface area contributed by atoms with Gasteiger partial charge in [-0.15, -0.1) is 11.3 Å². The van der Waals surface area contributed by atoms with E-state index in [2.05, 4.69) is 10.3 Å². The number of carbonyl (C=O) groups is 1. The van der Waals surface area contributed by atoms with Crippen molar-refractivity contribution in [2.75, 3.05) is 19.5 Å². The van der Waals surface area contributed by atoms with Crippen LogP contribution < -0.4 is 14.8 Å². The van der Waals surface area contributed by atoms with Gasteiger partial charge in [-0.3, -0.25) is 10.1 Å². The molecule has 0 fully saturated rings. The Balaban J connectivity index is 1.83. The second-order valence-electron chi connectivity index (χ2n) is 5.04. The average Bonchev–Trinajstić information content (AvgIpc) is 3.09. The van der Waals surface area contributed by atoms with Crippen LogP contribution in [-0.2, 0) is 0 Å². The minimum atomic E-state index is -0.311. The van der Waals surface area contributed by atoms with Crippen LogP contribution in [-0.4, -0.2) is 25.1 Å². The number of amides is 1. The molecule has 0 saturated heterocycles. The second kappa shape index (κ2) is 7.55. The van der Waals surface area contributed by atoms with Crippen LogP contribution in [0.4, 0.5) is 5.13 Å². The first kappa shape index (κ1) is 17.3. The van der Waals surface area contributed by atoms with Crippen molar-refractivity contribution in [1.82, 2.24) is 4.98 Å². The smallest absolute Gasteiger partial charge is 0.261 e. The summed E-state index contributed by atoms with van der Waals surface area (Å²) in [7, 11) is 3.10. The first-order valence-electron chi connectivity index (χ1n) is 7.36. The maximum absolute atomic E-state index is 12.5. The van der Waals surface area contributed by atoms with E-state index in [1.807, 2.05) is 29.6 Å². The van der Waals surface area contributed by atoms with Crippen LogP contribution in [0, 0.1) is 0 Å². The fourth-order valence-corrected chi connectivity index (χ4v) is 3.20. The molecule has 2 aromatic carbocycles. The zero-order chi connectivity index (χ0) is 17.8. The molecule has 0 aliphatic carbocycles. The molecule has 1 heterocycles. The van der Waals surface area contributed by atoms with Crippen LogP contribution in [0.25, 0.3) is 11.3 Å². The lowest BCUT2D eigenvalue weighted by atomic mass is 10.1. The van der Waals surface area contributed by atoms with Gasteiger partial charge in [0.1, 0.15) is 11.5 Å². The second-order valence-corrected chi connectivity index (χ2v) is 6.33. The van der Waals surface area contributed by atoms with Gasteiger partial charge in [-0.25, -0.2) is 4.98 Å². The fraction of sp³-hybridized carbons (Fsp3) is 0.111. The number of carbonyl (C=O) groups excluding carboxylic acids is 1. The van der Waals surface area contributed by atoms with E-state index in [0.29, 0.717) is 21.5 Å². The molecule has 0 spiro atoms. The summed E-state index contributed by atoms with van der Waals surface area (Å²) in [5.74, 6) is 0.825. The quantitative estimate of drug-likeness (QED) is 0.701. The molecule has 3 aromatic rings. The van der Waals surface area contributed by atoms with Crippen LogP contribution in [0.5, 0.6) is 11.5 Å². The van der Waals surface area contributed by atoms with Gasteiger partial charge >= 0.3 is 0 Å². The molecule has 0 saturated carbocycles. The third kappa shape index (κ3) is 3.75. The monoisotopic (exact) mass is 374 g/mol. The molecular weight excluding hydrogens is 360 g/mol. The van der Waals surface area contributed by atoms with Crippen LogP contribution in [0.2, 0.25) is 5.02 Å². The Hall–Kier alpha value is -2.57. The number of ether oxygens (including phenoxy) is 2. The highest BCUT2D eigenvalue weighted by Crippen LogP contribution is 2.32. The molecule has 0 bridgehead atoms. The molecule has 25 heavy (non-hydrogen) atoms. The maximum Gasteiger partial charge on any atom is 0.261 e. The molecule has 0 aliphatic rings. The largest absolute Gasteiger partial charge is 0.496 e. The Bertz CT molecular complexity index is 911. The van der Waals surface area contributed by atoms with Crippen LogP contribution in [0.15, 0.2) is 47.8 Å². The number of nitrogens with one attached hydrogen (secondary N) is 1. The van der Waals surface area contributed by atoms with Gasteiger partial charge < -0.3 is 9.47 Å². The number of para-hydroxylation sites is 1. The molecule has 7 heteroatoms. The number of thiazole rings is 1. The van der Waals surface area contributed by atoms with E-state index < -0.39 is 0 Å². The minimum absolute atomic E-state index is 0.311. The van der Waals surface area contributed by atoms with Crippen molar-refractivity contribution < 1.29 is 14.3 Å². The number of benzene rings is 2. The highest BCUT2D eigenvalue weighted by Gasteiger charge is 2.15. The molecule has 0 unspecified atom stereocenters. The Morgan fingerprint density at radius 3 is 2.64 bits per heavy atom. The van der Waals surface area contributed by atoms with E-state index in [1.54, 1.807) is 25.3 Å². The summed E-state index contributed by atoms with van der Waals surface area (Å²) < 4.78 is 10.6. The minimum Gasteiger partial charge on any atom is -0.496 e. The van der Waals surface area contributed by atoms with Crippen molar-refractivity contribution >= 4 is 34.0 Å². The van der Waals surface area contributed by atoms with Crippen molar-refractivity contribution in [3.63, 3.8) is 0 Å². The van der Waals surface area contributed by atoms with Gasteiger partial charge in [-0.1, -0.05) is 23.7 Å². The van der Waals surface area contributed by atoms with Gasteiger partial charge in [0.25, 0.3) is 5.91 Å². The normalized spacial score (nSPS) is 10.4. The summed E-state index contributed by atoms with van der Waals surface area (Å²) in [6.07, 6.45) is 0. The molecule has 5 nitrogen and oxygen atoms in total. The predicted molar refractivity (Wildman–Crippen MR) is 100 cm³/mol. The average molecular weight is 375 g/mol. The summed E-state index contributed by atoms with van der Waals surface area (Å²) in [6.45, 7) is 0. The van der Waals surface area contributed by atoms with Gasteiger partial charge in [0, 0.05) is 16.0 Å². The topological polar surface area (TPSA) is 60.5 Å². The fourth-order valence-electron chi connectivity index (χ4n) is 2.33. The maximum atomic E-state index is 12.5. The van der Waals surface area contributed by atoms with E-state index in [9.17, 15) is 4.79 Å². The zero-order valence-corrected chi connectivity index (χ0v) is 15.1. The summed E-state index contributed by atoms with van der Waals surface area (Å²) in [6, 6.07) is 12.4. The van der Waals surface area contributed by atoms with Gasteiger partial charge in [-0.2, -0.15) is 0 Å². The lowest BCUT2D eigenvalue weighted by Gasteiger charge is -2.08. The Morgan fingerprint density at radius 1 is 1.12 bits per heavy atom. The first-order chi connectivity index (χ1) is 12.1. The van der Waals surface area contributed by atoms with Crippen LogP contribution in [0.3, 0.4) is 0 Å². The Morgan fingerprint density at radius 2 is 1.88 bits per heavy atom. The van der Waals surface area contributed by atoms with E-state index in [1.165, 1.54) is 18.4 Å². The number of halogens is 1. The van der Waals surface area contributed by atoms with Gasteiger partial charge in [0.15, 0.2) is 5.13 Å². The van der Waals surface area contributed by atoms with E-state index in [4.69, 9.17) is 21.1 Å². The van der Waals surface area contributed by atoms with Crippen molar-refractivity contribution in [2.45, 2.75) is 0 Å². The molecule has 1 aromatic heterocycles. The number of nitrogens with zero attached hydrogens (tertiary/aromatic N) is 1. The lowest BCUT2D eigenvalue weighted by molar-refractivity contribution is 0.102. The van der Waals surface area contributed by atoms with Gasteiger partial charge in [0.05, 0.1) is 25.5 Å². The summed E-state index contributed by atoms with van der Waals surface area (Å²) >= 11 is 7.26. The van der Waals surface area contributed by atoms with Crippen LogP contribution >= 0.6 is 22.9 Å². The molecule has 0 atom stereocenters. The standard InChI is InChI=1S/C18H15ClN2O3S/c1-23-15-6-4-3-5-12(15)14-10-25-18(20-14)21-17(22)13-8-7-11(19)9-16(13)24-2/h3-10H,1-2H3,(H,20,21,22). The van der Waals surface area contributed by atoms with Crippen molar-refractivity contribution in [1.29, 1.82) is 0 Å². The molecular formula is C18H15ClN2O3S. The third-order valence-electron chi connectivity index (χ3n) is 3.52.